The van der Waals surface area contributed by atoms with Crippen LogP contribution >= 0.6 is 15.9 Å². The van der Waals surface area contributed by atoms with Crippen LogP contribution in [-0.4, -0.2) is 214 Å². The number of carboxylic acid groups (broad SMARTS) is 1. The number of aliphatic carboxylic acids is 1. The summed E-state index contributed by atoms with van der Waals surface area (Å²) in [6.07, 6.45) is 0. The van der Waals surface area contributed by atoms with Crippen LogP contribution in [-0.2, 0) is 75.9 Å². The van der Waals surface area contributed by atoms with Gasteiger partial charge in [0, 0.05) is 11.9 Å². The summed E-state index contributed by atoms with van der Waals surface area (Å²) in [5.41, 5.74) is 0. The number of halogens is 1. The number of hydrogen-bond acceptors (Lipinski definition) is 16. The zero-order chi connectivity index (χ0) is 37.0. The smallest absolute Gasteiger partial charge is 0.329 e. The molecule has 51 heavy (non-hydrogen) atoms. The summed E-state index contributed by atoms with van der Waals surface area (Å²) in [5, 5.41) is 11.8. The van der Waals surface area contributed by atoms with E-state index in [9.17, 15) is 9.59 Å². The number of ether oxygens (including phenoxy) is 14. The first-order valence-electron chi connectivity index (χ1n) is 17.3. The lowest BCUT2D eigenvalue weighted by Gasteiger charge is -2.09. The van der Waals surface area contributed by atoms with Crippen molar-refractivity contribution in [2.24, 2.45) is 0 Å². The van der Waals surface area contributed by atoms with E-state index >= 15 is 0 Å². The standard InChI is InChI=1S/C32H62BrNO17/c33-1-3-38-5-7-40-9-11-42-13-15-44-17-19-46-21-23-48-25-27-50-28-26-49-24-22-47-20-18-45-16-14-43-12-10-41-8-6-39-4-2-34-31(35)29-51-30-32(36)37/h1-30H2,(H,34,35)(H,36,37). The van der Waals surface area contributed by atoms with Gasteiger partial charge >= 0.3 is 5.97 Å². The third kappa shape index (κ3) is 46.8. The molecule has 0 saturated carbocycles. The van der Waals surface area contributed by atoms with Gasteiger partial charge in [0.05, 0.1) is 172 Å². The van der Waals surface area contributed by atoms with Crippen LogP contribution in [0.25, 0.3) is 0 Å². The van der Waals surface area contributed by atoms with Crippen LogP contribution in [0.15, 0.2) is 0 Å². The lowest BCUT2D eigenvalue weighted by atomic mass is 10.6. The molecule has 18 nitrogen and oxygen atoms in total. The van der Waals surface area contributed by atoms with Crippen LogP contribution in [0.4, 0.5) is 0 Å². The van der Waals surface area contributed by atoms with E-state index < -0.39 is 18.5 Å². The van der Waals surface area contributed by atoms with Gasteiger partial charge in [-0.2, -0.15) is 0 Å². The van der Waals surface area contributed by atoms with Crippen LogP contribution in [0, 0.1) is 0 Å². The summed E-state index contributed by atoms with van der Waals surface area (Å²) in [5.74, 6) is -1.52. The van der Waals surface area contributed by atoms with Gasteiger partial charge in [0.2, 0.25) is 5.91 Å². The van der Waals surface area contributed by atoms with Crippen molar-refractivity contribution in [3.05, 3.63) is 0 Å². The van der Waals surface area contributed by atoms with Gasteiger partial charge in [-0.05, 0) is 0 Å². The summed E-state index contributed by atoms with van der Waals surface area (Å²) in [6.45, 7) is 12.2. The molecule has 304 valence electrons. The molecule has 0 saturated heterocycles. The highest BCUT2D eigenvalue weighted by Gasteiger charge is 2.03. The highest BCUT2D eigenvalue weighted by molar-refractivity contribution is 9.09. The molecule has 0 aliphatic rings. The second-order valence-electron chi connectivity index (χ2n) is 9.89. The number of carbonyl (C=O) groups excluding carboxylic acids is 1. The van der Waals surface area contributed by atoms with Gasteiger partial charge in [0.1, 0.15) is 13.2 Å². The maximum Gasteiger partial charge on any atom is 0.329 e. The van der Waals surface area contributed by atoms with E-state index in [1.54, 1.807) is 0 Å². The van der Waals surface area contributed by atoms with Crippen molar-refractivity contribution in [2.45, 2.75) is 0 Å². The van der Waals surface area contributed by atoms with Crippen LogP contribution in [0.2, 0.25) is 0 Å². The number of amides is 1. The Morgan fingerprint density at radius 1 is 0.353 bits per heavy atom. The molecule has 0 aromatic rings. The van der Waals surface area contributed by atoms with E-state index in [-0.39, 0.29) is 6.61 Å². The number of alkyl halides is 1. The molecule has 1 amide bonds. The Morgan fingerprint density at radius 2 is 0.588 bits per heavy atom. The molecule has 0 aromatic carbocycles. The molecule has 0 aliphatic carbocycles. The summed E-state index contributed by atoms with van der Waals surface area (Å²) in [7, 11) is 0. The fourth-order valence-corrected chi connectivity index (χ4v) is 3.57. The number of rotatable bonds is 45. The maximum atomic E-state index is 11.4. The zero-order valence-corrected chi connectivity index (χ0v) is 31.7. The highest BCUT2D eigenvalue weighted by atomic mass is 79.9. The van der Waals surface area contributed by atoms with Crippen LogP contribution in [0.1, 0.15) is 0 Å². The second kappa shape index (κ2) is 45.0. The zero-order valence-electron chi connectivity index (χ0n) is 30.1. The predicted molar refractivity (Wildman–Crippen MR) is 186 cm³/mol. The summed E-state index contributed by atoms with van der Waals surface area (Å²) < 4.78 is 75.2. The minimum Gasteiger partial charge on any atom is -0.480 e. The van der Waals surface area contributed by atoms with E-state index in [1.165, 1.54) is 0 Å². The van der Waals surface area contributed by atoms with Crippen LogP contribution in [0.3, 0.4) is 0 Å². The molecule has 2 N–H and O–H groups in total. The van der Waals surface area contributed by atoms with Crippen molar-refractivity contribution in [1.29, 1.82) is 0 Å². The Labute approximate surface area is 310 Å². The van der Waals surface area contributed by atoms with Crippen LogP contribution < -0.4 is 5.32 Å². The fraction of sp³-hybridized carbons (Fsp3) is 0.938. The third-order valence-corrected chi connectivity index (χ3v) is 6.04. The van der Waals surface area contributed by atoms with Crippen molar-refractivity contribution in [1.82, 2.24) is 5.32 Å². The van der Waals surface area contributed by atoms with Gasteiger partial charge in [-0.25, -0.2) is 4.79 Å². The SMILES string of the molecule is O=C(O)COCC(=O)NCCOCCOCCOCCOCCOCCOCCOCCOCCOCCOCCOCCOCCOCCBr. The minimum absolute atomic E-state index is 0.298. The normalized spacial score (nSPS) is 11.4. The first kappa shape index (κ1) is 49.9. The maximum absolute atomic E-state index is 11.4. The topological polar surface area (TPSA) is 196 Å². The summed E-state index contributed by atoms with van der Waals surface area (Å²) >= 11 is 3.30. The second-order valence-corrected chi connectivity index (χ2v) is 10.7. The fourth-order valence-electron chi connectivity index (χ4n) is 3.34. The van der Waals surface area contributed by atoms with Gasteiger partial charge in [0.15, 0.2) is 0 Å². The number of nitrogens with one attached hydrogen (secondary N) is 1. The lowest BCUT2D eigenvalue weighted by molar-refractivity contribution is -0.143. The van der Waals surface area contributed by atoms with E-state index in [2.05, 4.69) is 26.0 Å². The first-order valence-corrected chi connectivity index (χ1v) is 18.4. The van der Waals surface area contributed by atoms with Gasteiger partial charge in [-0.15, -0.1) is 0 Å². The minimum atomic E-state index is -1.12. The number of hydrogen-bond donors (Lipinski definition) is 2. The predicted octanol–water partition coefficient (Wildman–Crippen LogP) is -0.185. The average molecular weight is 813 g/mol. The Kier molecular flexibility index (Phi) is 44.0. The van der Waals surface area contributed by atoms with Crippen molar-refractivity contribution < 1.29 is 81.0 Å². The molecule has 0 atom stereocenters. The first-order chi connectivity index (χ1) is 25.2. The number of carbonyl (C=O) groups is 2. The van der Waals surface area contributed by atoms with Crippen molar-refractivity contribution >= 4 is 27.8 Å². The molecule has 0 rings (SSSR count). The Hall–Kier alpha value is -1.14. The van der Waals surface area contributed by atoms with E-state index in [0.29, 0.717) is 178 Å². The largest absolute Gasteiger partial charge is 0.480 e. The molecule has 0 bridgehead atoms. The van der Waals surface area contributed by atoms with Crippen LogP contribution in [0.5, 0.6) is 0 Å². The molecule has 0 aromatic heterocycles. The molecular formula is C32H62BrNO17. The lowest BCUT2D eigenvalue weighted by Crippen LogP contribution is -2.31. The monoisotopic (exact) mass is 811 g/mol. The van der Waals surface area contributed by atoms with Gasteiger partial charge in [-0.3, -0.25) is 4.79 Å². The molecule has 0 radical (unpaired) electrons. The van der Waals surface area contributed by atoms with E-state index in [4.69, 9.17) is 66.7 Å². The highest BCUT2D eigenvalue weighted by Crippen LogP contribution is 1.88. The Morgan fingerprint density at radius 3 is 0.824 bits per heavy atom. The van der Waals surface area contributed by atoms with Gasteiger partial charge in [0.25, 0.3) is 0 Å². The third-order valence-electron chi connectivity index (χ3n) is 5.71. The summed E-state index contributed by atoms with van der Waals surface area (Å²) in [4.78, 5) is 21.7. The quantitative estimate of drug-likeness (QED) is 0.0607. The van der Waals surface area contributed by atoms with E-state index in [0.717, 1.165) is 5.33 Å². The van der Waals surface area contributed by atoms with Crippen molar-refractivity contribution in [2.75, 3.05) is 197 Å². The van der Waals surface area contributed by atoms with E-state index in [1.807, 2.05) is 0 Å². The Balaban J connectivity index is 3.08. The van der Waals surface area contributed by atoms with Gasteiger partial charge < -0.3 is 76.7 Å². The van der Waals surface area contributed by atoms with Crippen molar-refractivity contribution in [3.63, 3.8) is 0 Å². The molecule has 0 fully saturated rings. The molecule has 0 aliphatic heterocycles. The van der Waals surface area contributed by atoms with Gasteiger partial charge in [-0.1, -0.05) is 15.9 Å². The number of carboxylic acids is 1. The molecule has 0 unspecified atom stereocenters. The summed E-state index contributed by atoms with van der Waals surface area (Å²) in [6, 6.07) is 0. The molecule has 0 spiro atoms. The molecular weight excluding hydrogens is 750 g/mol. The average Bonchev–Trinajstić information content (AvgIpc) is 3.12. The Bertz CT molecular complexity index is 717. The molecule has 0 heterocycles. The molecule has 19 heteroatoms. The van der Waals surface area contributed by atoms with Crippen molar-refractivity contribution in [3.8, 4) is 0 Å².